The van der Waals surface area contributed by atoms with Crippen molar-refractivity contribution >= 4 is 39.0 Å². The van der Waals surface area contributed by atoms with Gasteiger partial charge in [-0.25, -0.2) is 0 Å². The molecule has 2 aliphatic carbocycles. The van der Waals surface area contributed by atoms with Crippen LogP contribution in [0.2, 0.25) is 0 Å². The number of nitrogens with zero attached hydrogens (tertiary/aromatic N) is 1. The molecule has 6 aromatic carbocycles. The molecule has 0 N–H and O–H groups in total. The average Bonchev–Trinajstić information content (AvgIpc) is 3.62. The summed E-state index contributed by atoms with van der Waals surface area (Å²) >= 11 is 0. The molecule has 0 fully saturated rings. The van der Waals surface area contributed by atoms with E-state index in [-0.39, 0.29) is 10.8 Å². The van der Waals surface area contributed by atoms with Gasteiger partial charge in [0.2, 0.25) is 0 Å². The highest BCUT2D eigenvalue weighted by Gasteiger charge is 2.38. The molecule has 0 bridgehead atoms. The lowest BCUT2D eigenvalue weighted by Gasteiger charge is -2.29. The molecule has 212 valence electrons. The van der Waals surface area contributed by atoms with Crippen molar-refractivity contribution < 1.29 is 4.42 Å². The normalized spacial score (nSPS) is 15.2. The van der Waals surface area contributed by atoms with E-state index in [0.717, 1.165) is 39.0 Å². The van der Waals surface area contributed by atoms with E-state index in [0.29, 0.717) is 0 Å². The van der Waals surface area contributed by atoms with E-state index in [9.17, 15) is 0 Å². The minimum atomic E-state index is -0.0967. The van der Waals surface area contributed by atoms with Crippen molar-refractivity contribution in [1.29, 1.82) is 0 Å². The van der Waals surface area contributed by atoms with E-state index in [1.54, 1.807) is 0 Å². The predicted molar refractivity (Wildman–Crippen MR) is 184 cm³/mol. The van der Waals surface area contributed by atoms with Crippen LogP contribution in [-0.4, -0.2) is 0 Å². The first kappa shape index (κ1) is 25.4. The molecule has 0 radical (unpaired) electrons. The van der Waals surface area contributed by atoms with E-state index in [4.69, 9.17) is 4.42 Å². The van der Waals surface area contributed by atoms with Crippen molar-refractivity contribution in [2.24, 2.45) is 0 Å². The van der Waals surface area contributed by atoms with Gasteiger partial charge in [0.1, 0.15) is 5.58 Å². The lowest BCUT2D eigenvalue weighted by atomic mass is 9.82. The second kappa shape index (κ2) is 8.74. The summed E-state index contributed by atoms with van der Waals surface area (Å²) < 4.78 is 6.63. The van der Waals surface area contributed by atoms with Crippen molar-refractivity contribution in [3.8, 4) is 22.3 Å². The highest BCUT2D eigenvalue weighted by Crippen LogP contribution is 2.53. The summed E-state index contributed by atoms with van der Waals surface area (Å²) in [5.74, 6) is 0. The molecule has 2 aliphatic rings. The highest BCUT2D eigenvalue weighted by atomic mass is 16.3. The Hall–Kier alpha value is -5.08. The Bertz CT molecular complexity index is 2190. The van der Waals surface area contributed by atoms with E-state index < -0.39 is 0 Å². The molecule has 0 amide bonds. The fourth-order valence-corrected chi connectivity index (χ4v) is 8.00. The van der Waals surface area contributed by atoms with Crippen molar-refractivity contribution in [2.45, 2.75) is 38.5 Å². The van der Waals surface area contributed by atoms with Crippen LogP contribution in [0.5, 0.6) is 0 Å². The third-order valence-corrected chi connectivity index (χ3v) is 10.3. The summed E-state index contributed by atoms with van der Waals surface area (Å²) in [6.07, 6.45) is 0. The molecule has 2 heteroatoms. The standard InChI is InChI=1S/C42H33NO/c1-41(2)34-16-8-5-12-28(34)30-22-20-26(24-36(30)41)43(38-18-11-15-33-32-14-7-10-19-39(32)44-40(33)38)27-21-23-31-29-13-6-9-17-35(29)42(3,4)37(31)25-27/h5-25H,1-4H3. The number of hydrogen-bond acceptors (Lipinski definition) is 2. The van der Waals surface area contributed by atoms with Crippen LogP contribution in [0.4, 0.5) is 17.1 Å². The molecule has 0 saturated heterocycles. The second-order valence-electron chi connectivity index (χ2n) is 13.4. The number of rotatable bonds is 3. The number of hydrogen-bond donors (Lipinski definition) is 0. The van der Waals surface area contributed by atoms with E-state index in [1.807, 2.05) is 6.07 Å². The van der Waals surface area contributed by atoms with Gasteiger partial charge >= 0.3 is 0 Å². The van der Waals surface area contributed by atoms with Gasteiger partial charge in [0, 0.05) is 33.0 Å². The maximum atomic E-state index is 6.63. The zero-order valence-corrected chi connectivity index (χ0v) is 25.5. The van der Waals surface area contributed by atoms with Crippen molar-refractivity contribution in [2.75, 3.05) is 4.90 Å². The van der Waals surface area contributed by atoms with Gasteiger partial charge in [-0.05, 0) is 80.9 Å². The van der Waals surface area contributed by atoms with Gasteiger partial charge in [-0.1, -0.05) is 119 Å². The average molecular weight is 568 g/mol. The number of anilines is 3. The topological polar surface area (TPSA) is 16.4 Å². The molecule has 1 aromatic heterocycles. The van der Waals surface area contributed by atoms with E-state index in [1.165, 1.54) is 44.5 Å². The molecule has 0 aliphatic heterocycles. The van der Waals surface area contributed by atoms with Crippen molar-refractivity contribution in [3.05, 3.63) is 150 Å². The fraction of sp³-hybridized carbons (Fsp3) is 0.143. The lowest BCUT2D eigenvalue weighted by molar-refractivity contribution is 0.659. The Morgan fingerprint density at radius 3 is 1.57 bits per heavy atom. The van der Waals surface area contributed by atoms with Crippen LogP contribution in [0, 0.1) is 0 Å². The minimum Gasteiger partial charge on any atom is -0.454 e. The largest absolute Gasteiger partial charge is 0.454 e. The zero-order chi connectivity index (χ0) is 29.8. The monoisotopic (exact) mass is 567 g/mol. The molecule has 0 unspecified atom stereocenters. The molecule has 1 heterocycles. The first-order valence-corrected chi connectivity index (χ1v) is 15.5. The maximum absolute atomic E-state index is 6.63. The van der Waals surface area contributed by atoms with Gasteiger partial charge < -0.3 is 9.32 Å². The van der Waals surface area contributed by atoms with Crippen molar-refractivity contribution in [3.63, 3.8) is 0 Å². The molecular formula is C42H33NO. The lowest BCUT2D eigenvalue weighted by Crippen LogP contribution is -2.18. The van der Waals surface area contributed by atoms with Crippen LogP contribution < -0.4 is 4.90 Å². The maximum Gasteiger partial charge on any atom is 0.159 e. The number of benzene rings is 6. The van der Waals surface area contributed by atoms with Gasteiger partial charge in [0.15, 0.2) is 5.58 Å². The summed E-state index contributed by atoms with van der Waals surface area (Å²) in [5.41, 5.74) is 15.7. The number of para-hydroxylation sites is 2. The quantitative estimate of drug-likeness (QED) is 0.211. The zero-order valence-electron chi connectivity index (χ0n) is 25.5. The van der Waals surface area contributed by atoms with Crippen LogP contribution in [0.1, 0.15) is 49.9 Å². The molecule has 2 nitrogen and oxygen atoms in total. The fourth-order valence-electron chi connectivity index (χ4n) is 8.00. The SMILES string of the molecule is CC1(C)c2ccccc2-c2ccc(N(c3ccc4c(c3)C(C)(C)c3ccccc3-4)c3cccc4c3oc3ccccc34)cc21. The van der Waals surface area contributed by atoms with Crippen LogP contribution in [0.3, 0.4) is 0 Å². The summed E-state index contributed by atoms with van der Waals surface area (Å²) in [7, 11) is 0. The Labute approximate surface area is 258 Å². The molecule has 0 saturated carbocycles. The Morgan fingerprint density at radius 1 is 0.455 bits per heavy atom. The van der Waals surface area contributed by atoms with Crippen molar-refractivity contribution in [1.82, 2.24) is 0 Å². The molecule has 0 spiro atoms. The van der Waals surface area contributed by atoms with Gasteiger partial charge in [-0.15, -0.1) is 0 Å². The molecule has 7 aromatic rings. The van der Waals surface area contributed by atoms with Crippen LogP contribution in [0.25, 0.3) is 44.2 Å². The summed E-state index contributed by atoms with van der Waals surface area (Å²) in [6.45, 7) is 9.39. The minimum absolute atomic E-state index is 0.0967. The summed E-state index contributed by atoms with van der Waals surface area (Å²) in [5, 5.41) is 2.27. The van der Waals surface area contributed by atoms with Crippen LogP contribution >= 0.6 is 0 Å². The second-order valence-corrected chi connectivity index (χ2v) is 13.4. The summed E-state index contributed by atoms with van der Waals surface area (Å²) in [4.78, 5) is 2.41. The Morgan fingerprint density at radius 2 is 0.955 bits per heavy atom. The Kier molecular flexibility index (Phi) is 5.05. The molecule has 0 atom stereocenters. The van der Waals surface area contributed by atoms with Gasteiger partial charge in [0.05, 0.1) is 5.69 Å². The van der Waals surface area contributed by atoms with Crippen LogP contribution in [0.15, 0.2) is 132 Å². The smallest absolute Gasteiger partial charge is 0.159 e. The van der Waals surface area contributed by atoms with Gasteiger partial charge in [-0.2, -0.15) is 0 Å². The number of fused-ring (bicyclic) bond motifs is 9. The molecular weight excluding hydrogens is 534 g/mol. The number of furan rings is 1. The highest BCUT2D eigenvalue weighted by molar-refractivity contribution is 6.10. The third-order valence-electron chi connectivity index (χ3n) is 10.3. The van der Waals surface area contributed by atoms with E-state index in [2.05, 4.69) is 154 Å². The van der Waals surface area contributed by atoms with E-state index >= 15 is 0 Å². The van der Waals surface area contributed by atoms with Gasteiger partial charge in [-0.3, -0.25) is 0 Å². The van der Waals surface area contributed by atoms with Crippen LogP contribution in [-0.2, 0) is 10.8 Å². The Balaban J connectivity index is 1.31. The molecule has 9 rings (SSSR count). The first-order valence-electron chi connectivity index (χ1n) is 15.5. The van der Waals surface area contributed by atoms with Gasteiger partial charge in [0.25, 0.3) is 0 Å². The molecule has 44 heavy (non-hydrogen) atoms. The summed E-state index contributed by atoms with van der Waals surface area (Å²) in [6, 6.07) is 46.6. The first-order chi connectivity index (χ1) is 21.3. The third kappa shape index (κ3) is 3.31. The predicted octanol–water partition coefficient (Wildman–Crippen LogP) is 11.7.